The summed E-state index contributed by atoms with van der Waals surface area (Å²) in [6.07, 6.45) is -0.832. The fourth-order valence-corrected chi connectivity index (χ4v) is 2.60. The molecule has 0 aromatic carbocycles. The second-order valence-corrected chi connectivity index (χ2v) is 7.43. The van der Waals surface area contributed by atoms with Gasteiger partial charge in [0.05, 0.1) is 25.7 Å². The third kappa shape index (κ3) is 12.2. The predicted octanol–water partition coefficient (Wildman–Crippen LogP) is -1.08. The van der Waals surface area contributed by atoms with E-state index in [1.165, 1.54) is 14.2 Å². The van der Waals surface area contributed by atoms with Crippen molar-refractivity contribution in [2.45, 2.75) is 12.2 Å². The second-order valence-electron chi connectivity index (χ2n) is 4.23. The van der Waals surface area contributed by atoms with Crippen molar-refractivity contribution in [1.29, 1.82) is 0 Å². The highest BCUT2D eigenvalue weighted by atomic mass is 32.2. The normalized spacial score (nSPS) is 15.6. The van der Waals surface area contributed by atoms with Gasteiger partial charge in [-0.1, -0.05) is 0 Å². The minimum Gasteiger partial charge on any atom is -0.359 e. The first-order valence-electron chi connectivity index (χ1n) is 5.99. The molecule has 0 amide bonds. The summed E-state index contributed by atoms with van der Waals surface area (Å²) in [6, 6.07) is 0. The monoisotopic (exact) mass is 366 g/mol. The Hall–Kier alpha value is -0.340. The topological polar surface area (TPSA) is 124 Å². The third-order valence-corrected chi connectivity index (χ3v) is 3.17. The fraction of sp³-hybridized carbons (Fsp3) is 1.00. The van der Waals surface area contributed by atoms with Crippen LogP contribution >= 0.6 is 0 Å². The van der Waals surface area contributed by atoms with E-state index < -0.39 is 32.4 Å². The van der Waals surface area contributed by atoms with Crippen LogP contribution in [0.5, 0.6) is 0 Å². The van der Waals surface area contributed by atoms with Gasteiger partial charge in [0.25, 0.3) is 20.2 Å². The molecule has 12 heteroatoms. The van der Waals surface area contributed by atoms with Crippen molar-refractivity contribution in [3.63, 3.8) is 0 Å². The summed E-state index contributed by atoms with van der Waals surface area (Å²) in [5, 5.41) is 0. The van der Waals surface area contributed by atoms with Gasteiger partial charge in [0.15, 0.2) is 0 Å². The van der Waals surface area contributed by atoms with E-state index in [0.717, 1.165) is 12.5 Å². The molecule has 0 unspecified atom stereocenters. The van der Waals surface area contributed by atoms with E-state index in [2.05, 4.69) is 9.47 Å². The lowest BCUT2D eigenvalue weighted by molar-refractivity contribution is -0.104. The van der Waals surface area contributed by atoms with Crippen LogP contribution in [0.25, 0.3) is 0 Å². The summed E-state index contributed by atoms with van der Waals surface area (Å²) in [4.78, 5) is 0. The van der Waals surface area contributed by atoms with Crippen LogP contribution in [0, 0.1) is 0 Å². The van der Waals surface area contributed by atoms with Crippen LogP contribution < -0.4 is 0 Å². The summed E-state index contributed by atoms with van der Waals surface area (Å²) < 4.78 is 74.2. The molecule has 0 aliphatic heterocycles. The molecule has 0 radical (unpaired) electrons. The Kier molecular flexibility index (Phi) is 10.3. The summed E-state index contributed by atoms with van der Waals surface area (Å²) in [7, 11) is -5.00. The molecule has 0 rings (SSSR count). The number of hydrogen-bond donors (Lipinski definition) is 0. The smallest absolute Gasteiger partial charge is 0.264 e. The molecule has 134 valence electrons. The molecule has 0 spiro atoms. The van der Waals surface area contributed by atoms with E-state index in [-0.39, 0.29) is 26.8 Å². The van der Waals surface area contributed by atoms with Crippen molar-refractivity contribution in [1.82, 2.24) is 0 Å². The lowest BCUT2D eigenvalue weighted by atomic mass is 10.2. The van der Waals surface area contributed by atoms with E-state index in [1.807, 2.05) is 0 Å². The molecule has 0 aliphatic rings. The third-order valence-electron chi connectivity index (χ3n) is 1.98. The maximum Gasteiger partial charge on any atom is 0.264 e. The highest BCUT2D eigenvalue weighted by Gasteiger charge is 2.30. The zero-order valence-corrected chi connectivity index (χ0v) is 14.5. The van der Waals surface area contributed by atoms with E-state index in [9.17, 15) is 16.8 Å². The lowest BCUT2D eigenvalue weighted by Crippen LogP contribution is -2.41. The molecule has 0 saturated heterocycles. The van der Waals surface area contributed by atoms with Gasteiger partial charge in [0.2, 0.25) is 0 Å². The highest BCUT2D eigenvalue weighted by Crippen LogP contribution is 2.12. The second kappa shape index (κ2) is 10.4. The summed E-state index contributed by atoms with van der Waals surface area (Å²) in [5.41, 5.74) is 0. The Bertz CT molecular complexity index is 440. The van der Waals surface area contributed by atoms with E-state index in [0.29, 0.717) is 0 Å². The van der Waals surface area contributed by atoms with Gasteiger partial charge in [0.1, 0.15) is 25.8 Å². The Balaban J connectivity index is 5.03. The quantitative estimate of drug-likeness (QED) is 0.226. The number of ether oxygens (including phenoxy) is 4. The van der Waals surface area contributed by atoms with Crippen molar-refractivity contribution in [3.05, 3.63) is 0 Å². The minimum absolute atomic E-state index is 0.131. The standard InChI is InChI=1S/C10H22O10S2/c1-15-7-17-5-9(19-21(3,11)12)10(6-18-8-16-2)20-22(4,13)14/h9-10H,5-8H2,1-4H3/t9-,10-/m1/s1. The van der Waals surface area contributed by atoms with E-state index in [1.54, 1.807) is 0 Å². The predicted molar refractivity (Wildman–Crippen MR) is 75.1 cm³/mol. The van der Waals surface area contributed by atoms with Crippen LogP contribution in [0.4, 0.5) is 0 Å². The first-order chi connectivity index (χ1) is 10.1. The Morgan fingerprint density at radius 2 is 1.05 bits per heavy atom. The zero-order chi connectivity index (χ0) is 17.2. The molecule has 0 aromatic rings. The fourth-order valence-electron chi connectivity index (χ4n) is 1.34. The zero-order valence-electron chi connectivity index (χ0n) is 12.9. The van der Waals surface area contributed by atoms with Crippen molar-refractivity contribution in [3.8, 4) is 0 Å². The van der Waals surface area contributed by atoms with E-state index in [4.69, 9.17) is 17.8 Å². The average molecular weight is 366 g/mol. The van der Waals surface area contributed by atoms with Gasteiger partial charge in [-0.25, -0.2) is 0 Å². The summed E-state index contributed by atoms with van der Waals surface area (Å²) in [5.74, 6) is 0. The first-order valence-corrected chi connectivity index (χ1v) is 9.62. The molecule has 0 saturated carbocycles. The molecule has 0 aromatic heterocycles. The maximum atomic E-state index is 11.3. The SMILES string of the molecule is COCOC[C@@H](OS(C)(=O)=O)[C@@H](COCOC)OS(C)(=O)=O. The van der Waals surface area contributed by atoms with E-state index >= 15 is 0 Å². The van der Waals surface area contributed by atoms with Crippen molar-refractivity contribution >= 4 is 20.2 Å². The van der Waals surface area contributed by atoms with Gasteiger partial charge in [-0.15, -0.1) is 0 Å². The average Bonchev–Trinajstić information content (AvgIpc) is 2.34. The van der Waals surface area contributed by atoms with Crippen molar-refractivity contribution in [2.75, 3.05) is 53.5 Å². The van der Waals surface area contributed by atoms with Crippen LogP contribution in [0.3, 0.4) is 0 Å². The molecule has 0 N–H and O–H groups in total. The Labute approximate surface area is 130 Å². The Morgan fingerprint density at radius 1 is 0.727 bits per heavy atom. The number of rotatable bonds is 13. The van der Waals surface area contributed by atoms with Crippen LogP contribution in [0.2, 0.25) is 0 Å². The first kappa shape index (κ1) is 21.7. The van der Waals surface area contributed by atoms with Crippen LogP contribution in [-0.4, -0.2) is 82.6 Å². The van der Waals surface area contributed by atoms with Crippen LogP contribution in [0.15, 0.2) is 0 Å². The maximum absolute atomic E-state index is 11.3. The Morgan fingerprint density at radius 3 is 1.27 bits per heavy atom. The van der Waals surface area contributed by atoms with Crippen molar-refractivity contribution in [2.24, 2.45) is 0 Å². The lowest BCUT2D eigenvalue weighted by Gasteiger charge is -2.25. The van der Waals surface area contributed by atoms with Crippen LogP contribution in [0.1, 0.15) is 0 Å². The van der Waals surface area contributed by atoms with Crippen LogP contribution in [-0.2, 0) is 47.5 Å². The molecule has 0 fully saturated rings. The van der Waals surface area contributed by atoms with Gasteiger partial charge < -0.3 is 18.9 Å². The minimum atomic E-state index is -3.87. The van der Waals surface area contributed by atoms with Gasteiger partial charge in [-0.3, -0.25) is 8.37 Å². The molecule has 0 heterocycles. The molecule has 2 atom stereocenters. The summed E-state index contributed by atoms with van der Waals surface area (Å²) >= 11 is 0. The largest absolute Gasteiger partial charge is 0.359 e. The molecular weight excluding hydrogens is 344 g/mol. The molecular formula is C10H22O10S2. The number of hydrogen-bond acceptors (Lipinski definition) is 10. The van der Waals surface area contributed by atoms with Gasteiger partial charge in [-0.05, 0) is 0 Å². The van der Waals surface area contributed by atoms with Crippen molar-refractivity contribution < 1.29 is 44.1 Å². The highest BCUT2D eigenvalue weighted by molar-refractivity contribution is 7.86. The summed E-state index contributed by atoms with van der Waals surface area (Å²) in [6.45, 7) is -0.822. The molecule has 22 heavy (non-hydrogen) atoms. The van der Waals surface area contributed by atoms with Gasteiger partial charge in [-0.2, -0.15) is 16.8 Å². The van der Waals surface area contributed by atoms with Gasteiger partial charge >= 0.3 is 0 Å². The molecule has 0 aliphatic carbocycles. The number of methoxy groups -OCH3 is 2. The molecule has 0 bridgehead atoms. The van der Waals surface area contributed by atoms with Gasteiger partial charge in [0, 0.05) is 14.2 Å². The molecule has 10 nitrogen and oxygen atoms in total.